The number of hydrogen-bond acceptors (Lipinski definition) is 3. The zero-order valence-corrected chi connectivity index (χ0v) is 13.2. The Morgan fingerprint density at radius 1 is 1.10 bits per heavy atom. The fourth-order valence-electron chi connectivity index (χ4n) is 2.29. The Labute approximate surface area is 122 Å². The first kappa shape index (κ1) is 15.1. The second kappa shape index (κ2) is 4.91. The number of nitrogens with zero attached hydrogens (tertiary/aromatic N) is 1. The Kier molecular flexibility index (Phi) is 3.70. The van der Waals surface area contributed by atoms with Gasteiger partial charge in [-0.3, -0.25) is 0 Å². The van der Waals surface area contributed by atoms with Crippen molar-refractivity contribution in [3.05, 3.63) is 29.3 Å². The van der Waals surface area contributed by atoms with Crippen LogP contribution < -0.4 is 5.46 Å². The lowest BCUT2D eigenvalue weighted by Crippen LogP contribution is -2.41. The van der Waals surface area contributed by atoms with Gasteiger partial charge in [0.05, 0.1) is 22.8 Å². The summed E-state index contributed by atoms with van der Waals surface area (Å²) in [6, 6.07) is 8.06. The predicted molar refractivity (Wildman–Crippen MR) is 81.0 cm³/mol. The van der Waals surface area contributed by atoms with E-state index in [0.29, 0.717) is 5.92 Å². The second-order valence-electron chi connectivity index (χ2n) is 6.70. The van der Waals surface area contributed by atoms with E-state index in [1.54, 1.807) is 0 Å². The van der Waals surface area contributed by atoms with Crippen LogP contribution in [0, 0.1) is 11.3 Å². The smallest absolute Gasteiger partial charge is 0.399 e. The molecule has 1 aliphatic rings. The fourth-order valence-corrected chi connectivity index (χ4v) is 2.29. The van der Waals surface area contributed by atoms with Crippen LogP contribution in [0.5, 0.6) is 0 Å². The molecule has 0 unspecified atom stereocenters. The van der Waals surface area contributed by atoms with E-state index in [1.165, 1.54) is 0 Å². The number of rotatable bonds is 2. The van der Waals surface area contributed by atoms with Gasteiger partial charge in [0.25, 0.3) is 0 Å². The summed E-state index contributed by atoms with van der Waals surface area (Å²) >= 11 is 0. The van der Waals surface area contributed by atoms with Gasteiger partial charge in [0.2, 0.25) is 0 Å². The lowest BCUT2D eigenvalue weighted by atomic mass is 9.76. The van der Waals surface area contributed by atoms with Crippen molar-refractivity contribution in [3.8, 4) is 6.07 Å². The van der Waals surface area contributed by atoms with E-state index >= 15 is 0 Å². The van der Waals surface area contributed by atoms with E-state index in [9.17, 15) is 5.26 Å². The molecule has 1 aromatic rings. The predicted octanol–water partition coefficient (Wildman–Crippen LogP) is 2.98. The fraction of sp³-hybridized carbons (Fsp3) is 0.562. The van der Waals surface area contributed by atoms with Crippen LogP contribution >= 0.6 is 0 Å². The van der Waals surface area contributed by atoms with Crippen LogP contribution in [0.25, 0.3) is 0 Å². The maximum absolute atomic E-state index is 9.18. The molecule has 1 aromatic carbocycles. The lowest BCUT2D eigenvalue weighted by Gasteiger charge is -2.32. The molecular formula is C16H22BNO2. The van der Waals surface area contributed by atoms with Crippen molar-refractivity contribution >= 4 is 12.6 Å². The van der Waals surface area contributed by atoms with Crippen LogP contribution in [-0.2, 0) is 9.31 Å². The van der Waals surface area contributed by atoms with Gasteiger partial charge in [0.15, 0.2) is 0 Å². The van der Waals surface area contributed by atoms with Gasteiger partial charge < -0.3 is 9.31 Å². The molecule has 2 rings (SSSR count). The average molecular weight is 271 g/mol. The van der Waals surface area contributed by atoms with Crippen molar-refractivity contribution in [1.82, 2.24) is 0 Å². The lowest BCUT2D eigenvalue weighted by molar-refractivity contribution is 0.00578. The van der Waals surface area contributed by atoms with Gasteiger partial charge in [-0.15, -0.1) is 0 Å². The monoisotopic (exact) mass is 271 g/mol. The minimum Gasteiger partial charge on any atom is -0.399 e. The van der Waals surface area contributed by atoms with Gasteiger partial charge in [-0.25, -0.2) is 0 Å². The van der Waals surface area contributed by atoms with Gasteiger partial charge >= 0.3 is 7.12 Å². The van der Waals surface area contributed by atoms with Crippen LogP contribution in [-0.4, -0.2) is 18.3 Å². The van der Waals surface area contributed by atoms with E-state index in [1.807, 2.05) is 45.9 Å². The molecule has 1 fully saturated rings. The Morgan fingerprint density at radius 2 is 1.65 bits per heavy atom. The summed E-state index contributed by atoms with van der Waals surface area (Å²) in [4.78, 5) is 0. The largest absolute Gasteiger partial charge is 0.494 e. The first-order valence-corrected chi connectivity index (χ1v) is 7.07. The molecule has 4 heteroatoms. The van der Waals surface area contributed by atoms with Gasteiger partial charge in [0.1, 0.15) is 0 Å². The van der Waals surface area contributed by atoms with E-state index in [-0.39, 0.29) is 18.3 Å². The van der Waals surface area contributed by atoms with E-state index in [4.69, 9.17) is 9.31 Å². The minimum atomic E-state index is -0.370. The summed E-state index contributed by atoms with van der Waals surface area (Å²) in [5, 5.41) is 9.18. The molecule has 0 atom stereocenters. The van der Waals surface area contributed by atoms with Gasteiger partial charge in [0, 0.05) is 0 Å². The highest BCUT2D eigenvalue weighted by molar-refractivity contribution is 6.62. The number of hydrogen-bond donors (Lipinski definition) is 0. The Hall–Kier alpha value is -1.31. The third-order valence-electron chi connectivity index (χ3n) is 4.34. The molecule has 0 N–H and O–H groups in total. The molecule has 0 saturated carbocycles. The highest BCUT2D eigenvalue weighted by Crippen LogP contribution is 2.36. The molecule has 0 amide bonds. The quantitative estimate of drug-likeness (QED) is 0.776. The summed E-state index contributed by atoms with van der Waals surface area (Å²) < 4.78 is 12.1. The van der Waals surface area contributed by atoms with Crippen molar-refractivity contribution in [2.75, 3.05) is 0 Å². The molecule has 0 bridgehead atoms. The summed E-state index contributed by atoms with van der Waals surface area (Å²) in [5.74, 6) is 0.298. The molecule has 1 heterocycles. The maximum Gasteiger partial charge on any atom is 0.494 e. The van der Waals surface area contributed by atoms with Crippen molar-refractivity contribution in [1.29, 1.82) is 5.26 Å². The summed E-state index contributed by atoms with van der Waals surface area (Å²) in [6.07, 6.45) is 0. The maximum atomic E-state index is 9.18. The molecule has 0 aromatic heterocycles. The SMILES string of the molecule is CC(C)c1cc(B2OC(C)(C)C(C)(C)O2)ccc1C#N. The van der Waals surface area contributed by atoms with Crippen molar-refractivity contribution in [2.24, 2.45) is 0 Å². The molecule has 20 heavy (non-hydrogen) atoms. The molecule has 1 saturated heterocycles. The van der Waals surface area contributed by atoms with Crippen LogP contribution in [0.4, 0.5) is 0 Å². The Balaban J connectivity index is 2.37. The number of nitriles is 1. The van der Waals surface area contributed by atoms with Crippen molar-refractivity contribution in [2.45, 2.75) is 58.7 Å². The normalized spacial score (nSPS) is 20.2. The average Bonchev–Trinajstić information content (AvgIpc) is 2.57. The molecule has 0 aliphatic carbocycles. The molecule has 0 spiro atoms. The zero-order chi connectivity index (χ0) is 15.1. The molecule has 3 nitrogen and oxygen atoms in total. The summed E-state index contributed by atoms with van der Waals surface area (Å²) in [5.41, 5.74) is 2.05. The molecule has 1 aliphatic heterocycles. The highest BCUT2D eigenvalue weighted by atomic mass is 16.7. The summed E-state index contributed by atoms with van der Waals surface area (Å²) in [6.45, 7) is 12.3. The minimum absolute atomic E-state index is 0.298. The van der Waals surface area contributed by atoms with Crippen LogP contribution in [0.3, 0.4) is 0 Å². The van der Waals surface area contributed by atoms with E-state index < -0.39 is 0 Å². The Bertz CT molecular complexity index is 542. The molecule has 0 radical (unpaired) electrons. The topological polar surface area (TPSA) is 42.2 Å². The van der Waals surface area contributed by atoms with E-state index in [0.717, 1.165) is 16.6 Å². The highest BCUT2D eigenvalue weighted by Gasteiger charge is 2.51. The van der Waals surface area contributed by atoms with Gasteiger partial charge in [-0.1, -0.05) is 26.0 Å². The van der Waals surface area contributed by atoms with Crippen LogP contribution in [0.1, 0.15) is 58.6 Å². The van der Waals surface area contributed by atoms with Crippen molar-refractivity contribution < 1.29 is 9.31 Å². The zero-order valence-electron chi connectivity index (χ0n) is 13.2. The van der Waals surface area contributed by atoms with Gasteiger partial charge in [-0.2, -0.15) is 5.26 Å². The third-order valence-corrected chi connectivity index (χ3v) is 4.34. The third kappa shape index (κ3) is 2.48. The number of benzene rings is 1. The van der Waals surface area contributed by atoms with Gasteiger partial charge in [-0.05, 0) is 50.7 Å². The van der Waals surface area contributed by atoms with Crippen molar-refractivity contribution in [3.63, 3.8) is 0 Å². The molecular weight excluding hydrogens is 249 g/mol. The van der Waals surface area contributed by atoms with Crippen LogP contribution in [0.2, 0.25) is 0 Å². The first-order chi connectivity index (χ1) is 9.18. The first-order valence-electron chi connectivity index (χ1n) is 7.07. The second-order valence-corrected chi connectivity index (χ2v) is 6.70. The van der Waals surface area contributed by atoms with Crippen LogP contribution in [0.15, 0.2) is 18.2 Å². The summed E-state index contributed by atoms with van der Waals surface area (Å²) in [7, 11) is -0.370. The van der Waals surface area contributed by atoms with E-state index in [2.05, 4.69) is 19.9 Å². The Morgan fingerprint density at radius 3 is 2.10 bits per heavy atom. The standard InChI is InChI=1S/C16H22BNO2/c1-11(2)14-9-13(8-7-12(14)10-18)17-19-15(3,4)16(5,6)20-17/h7-9,11H,1-6H3. The molecule has 106 valence electrons.